The van der Waals surface area contributed by atoms with Crippen LogP contribution in [0.2, 0.25) is 5.02 Å². The third kappa shape index (κ3) is 4.19. The van der Waals surface area contributed by atoms with Crippen LogP contribution in [0.3, 0.4) is 0 Å². The molecular weight excluding hydrogens is 282 g/mol. The number of likely N-dealkylation sites (tertiary alicyclic amines) is 1. The van der Waals surface area contributed by atoms with Crippen molar-refractivity contribution in [2.45, 2.75) is 38.3 Å². The molecule has 3 nitrogen and oxygen atoms in total. The number of hydrogen-bond acceptors (Lipinski definition) is 3. The monoisotopic (exact) mass is 309 g/mol. The molecule has 2 rings (SSSR count). The molecule has 1 aliphatic rings. The average Bonchev–Trinajstić information content (AvgIpc) is 2.72. The van der Waals surface area contributed by atoms with Gasteiger partial charge < -0.3 is 10.6 Å². The van der Waals surface area contributed by atoms with Gasteiger partial charge in [0.15, 0.2) is 0 Å². The van der Waals surface area contributed by atoms with Crippen LogP contribution in [0.5, 0.6) is 0 Å². The Morgan fingerprint density at radius 2 is 1.95 bits per heavy atom. The van der Waals surface area contributed by atoms with Gasteiger partial charge in [0.2, 0.25) is 0 Å². The van der Waals surface area contributed by atoms with E-state index in [0.29, 0.717) is 0 Å². The van der Waals surface area contributed by atoms with Crippen molar-refractivity contribution in [1.82, 2.24) is 9.80 Å². The normalized spacial score (nSPS) is 24.2. The second-order valence-electron chi connectivity index (χ2n) is 6.20. The van der Waals surface area contributed by atoms with Gasteiger partial charge in [-0.1, -0.05) is 30.7 Å². The molecule has 2 N–H and O–H groups in total. The molecule has 0 saturated carbocycles. The highest BCUT2D eigenvalue weighted by atomic mass is 35.5. The Labute approximate surface area is 134 Å². The summed E-state index contributed by atoms with van der Waals surface area (Å²) in [7, 11) is 2.21. The summed E-state index contributed by atoms with van der Waals surface area (Å²) < 4.78 is 0. The third-order valence-corrected chi connectivity index (χ3v) is 5.23. The molecule has 0 aromatic heterocycles. The van der Waals surface area contributed by atoms with Crippen LogP contribution in [0.1, 0.15) is 31.7 Å². The van der Waals surface area contributed by atoms with Gasteiger partial charge in [0, 0.05) is 23.7 Å². The first kappa shape index (κ1) is 16.8. The predicted octanol–water partition coefficient (Wildman–Crippen LogP) is 2.98. The Morgan fingerprint density at radius 3 is 2.57 bits per heavy atom. The van der Waals surface area contributed by atoms with E-state index < -0.39 is 0 Å². The average molecular weight is 310 g/mol. The molecule has 1 unspecified atom stereocenters. The van der Waals surface area contributed by atoms with Gasteiger partial charge in [-0.05, 0) is 63.6 Å². The first-order valence-electron chi connectivity index (χ1n) is 7.98. The maximum Gasteiger partial charge on any atom is 0.0406 e. The highest BCUT2D eigenvalue weighted by Crippen LogP contribution is 2.28. The van der Waals surface area contributed by atoms with Crippen LogP contribution in [0, 0.1) is 0 Å². The van der Waals surface area contributed by atoms with Gasteiger partial charge >= 0.3 is 0 Å². The number of nitrogens with two attached hydrogens (primary N) is 1. The molecule has 0 amide bonds. The van der Waals surface area contributed by atoms with Crippen LogP contribution in [0.15, 0.2) is 24.3 Å². The largest absolute Gasteiger partial charge is 0.329 e. The molecule has 1 aliphatic heterocycles. The molecule has 0 spiro atoms. The van der Waals surface area contributed by atoms with Gasteiger partial charge in [-0.15, -0.1) is 0 Å². The van der Waals surface area contributed by atoms with E-state index in [-0.39, 0.29) is 5.54 Å². The zero-order valence-corrected chi connectivity index (χ0v) is 14.1. The number of likely N-dealkylation sites (N-methyl/N-ethyl adjacent to an activating group) is 1. The Bertz CT molecular complexity index is 434. The maximum atomic E-state index is 6.19. The van der Waals surface area contributed by atoms with Gasteiger partial charge in [-0.3, -0.25) is 4.90 Å². The molecule has 0 bridgehead atoms. The minimum Gasteiger partial charge on any atom is -0.329 e. The summed E-state index contributed by atoms with van der Waals surface area (Å²) in [6, 6.07) is 8.15. The Kier molecular flexibility index (Phi) is 6.06. The standard InChI is InChI=1S/C17H28ClN3/c1-3-21-11-4-9-17(14-19,10-12-21)20(2)13-15-5-7-16(18)8-6-15/h5-8H,3-4,9-14,19H2,1-2H3. The number of benzene rings is 1. The summed E-state index contributed by atoms with van der Waals surface area (Å²) in [5, 5.41) is 0.794. The van der Waals surface area contributed by atoms with E-state index in [0.717, 1.165) is 37.6 Å². The SMILES string of the molecule is CCN1CCCC(CN)(N(C)Cc2ccc(Cl)cc2)CC1. The van der Waals surface area contributed by atoms with E-state index >= 15 is 0 Å². The number of nitrogens with zero attached hydrogens (tertiary/aromatic N) is 2. The molecule has 1 saturated heterocycles. The summed E-state index contributed by atoms with van der Waals surface area (Å²) >= 11 is 5.97. The van der Waals surface area contributed by atoms with E-state index in [4.69, 9.17) is 17.3 Å². The molecule has 4 heteroatoms. The van der Waals surface area contributed by atoms with Crippen molar-refractivity contribution in [2.75, 3.05) is 33.2 Å². The molecule has 21 heavy (non-hydrogen) atoms. The van der Waals surface area contributed by atoms with Crippen molar-refractivity contribution in [3.8, 4) is 0 Å². The maximum absolute atomic E-state index is 6.19. The molecule has 1 aromatic carbocycles. The quantitative estimate of drug-likeness (QED) is 0.907. The second-order valence-corrected chi connectivity index (χ2v) is 6.64. The topological polar surface area (TPSA) is 32.5 Å². The first-order valence-corrected chi connectivity index (χ1v) is 8.35. The van der Waals surface area contributed by atoms with Crippen molar-refractivity contribution >= 4 is 11.6 Å². The minimum absolute atomic E-state index is 0.129. The molecular formula is C17H28ClN3. The number of hydrogen-bond donors (Lipinski definition) is 1. The highest BCUT2D eigenvalue weighted by molar-refractivity contribution is 6.30. The minimum atomic E-state index is 0.129. The van der Waals surface area contributed by atoms with E-state index in [1.54, 1.807) is 0 Å². The Morgan fingerprint density at radius 1 is 1.24 bits per heavy atom. The fourth-order valence-corrected chi connectivity index (χ4v) is 3.45. The first-order chi connectivity index (χ1) is 10.1. The fraction of sp³-hybridized carbons (Fsp3) is 0.647. The lowest BCUT2D eigenvalue weighted by atomic mass is 9.88. The molecule has 118 valence electrons. The Balaban J connectivity index is 2.06. The van der Waals surface area contributed by atoms with Crippen molar-refractivity contribution in [1.29, 1.82) is 0 Å². The predicted molar refractivity (Wildman–Crippen MR) is 90.7 cm³/mol. The van der Waals surface area contributed by atoms with Crippen molar-refractivity contribution in [3.63, 3.8) is 0 Å². The van der Waals surface area contributed by atoms with Crippen LogP contribution in [0.25, 0.3) is 0 Å². The lowest BCUT2D eigenvalue weighted by molar-refractivity contribution is 0.0994. The van der Waals surface area contributed by atoms with Gasteiger partial charge in [0.1, 0.15) is 0 Å². The van der Waals surface area contributed by atoms with E-state index in [9.17, 15) is 0 Å². The fourth-order valence-electron chi connectivity index (χ4n) is 3.32. The zero-order valence-electron chi connectivity index (χ0n) is 13.3. The molecule has 1 heterocycles. The van der Waals surface area contributed by atoms with Crippen LogP contribution in [-0.4, -0.2) is 48.6 Å². The van der Waals surface area contributed by atoms with Crippen molar-refractivity contribution < 1.29 is 0 Å². The summed E-state index contributed by atoms with van der Waals surface area (Å²) in [5.74, 6) is 0. The van der Waals surface area contributed by atoms with Gasteiger partial charge in [0.05, 0.1) is 0 Å². The number of halogens is 1. The Hall–Kier alpha value is -0.610. The van der Waals surface area contributed by atoms with Crippen LogP contribution in [0.4, 0.5) is 0 Å². The third-order valence-electron chi connectivity index (χ3n) is 4.98. The van der Waals surface area contributed by atoms with Crippen LogP contribution in [-0.2, 0) is 6.54 Å². The molecule has 1 fully saturated rings. The van der Waals surface area contributed by atoms with Crippen molar-refractivity contribution in [3.05, 3.63) is 34.9 Å². The summed E-state index contributed by atoms with van der Waals surface area (Å²) in [6.45, 7) is 7.40. The smallest absolute Gasteiger partial charge is 0.0406 e. The molecule has 0 aliphatic carbocycles. The molecule has 1 aromatic rings. The van der Waals surface area contributed by atoms with Gasteiger partial charge in [-0.2, -0.15) is 0 Å². The van der Waals surface area contributed by atoms with Crippen LogP contribution < -0.4 is 5.73 Å². The van der Waals surface area contributed by atoms with E-state index in [1.807, 2.05) is 12.1 Å². The van der Waals surface area contributed by atoms with Gasteiger partial charge in [0.25, 0.3) is 0 Å². The second kappa shape index (κ2) is 7.59. The van der Waals surface area contributed by atoms with E-state index in [2.05, 4.69) is 35.9 Å². The lowest BCUT2D eigenvalue weighted by Crippen LogP contribution is -2.52. The zero-order chi connectivity index (χ0) is 15.3. The highest BCUT2D eigenvalue weighted by Gasteiger charge is 2.34. The van der Waals surface area contributed by atoms with Crippen molar-refractivity contribution in [2.24, 2.45) is 5.73 Å². The number of rotatable bonds is 5. The summed E-state index contributed by atoms with van der Waals surface area (Å²) in [5.41, 5.74) is 7.62. The molecule has 1 atom stereocenters. The van der Waals surface area contributed by atoms with E-state index in [1.165, 1.54) is 24.9 Å². The van der Waals surface area contributed by atoms with Crippen LogP contribution >= 0.6 is 11.6 Å². The van der Waals surface area contributed by atoms with Gasteiger partial charge in [-0.25, -0.2) is 0 Å². The molecule has 0 radical (unpaired) electrons. The lowest BCUT2D eigenvalue weighted by Gasteiger charge is -2.41. The summed E-state index contributed by atoms with van der Waals surface area (Å²) in [6.07, 6.45) is 3.57. The summed E-state index contributed by atoms with van der Waals surface area (Å²) in [4.78, 5) is 4.99.